The smallest absolute Gasteiger partial charge is 0.277 e. The number of nitrogens with zero attached hydrogens (tertiary/aromatic N) is 1. The van der Waals surface area contributed by atoms with E-state index in [1.165, 1.54) is 4.90 Å². The lowest BCUT2D eigenvalue weighted by Gasteiger charge is -2.45. The van der Waals surface area contributed by atoms with Gasteiger partial charge in [0.2, 0.25) is 11.8 Å². The van der Waals surface area contributed by atoms with E-state index in [0.29, 0.717) is 6.54 Å². The number of rotatable bonds is 3. The predicted octanol–water partition coefficient (Wildman–Crippen LogP) is 1.38. The van der Waals surface area contributed by atoms with Crippen molar-refractivity contribution in [2.24, 2.45) is 5.41 Å². The summed E-state index contributed by atoms with van der Waals surface area (Å²) in [4.78, 5) is 36.9. The molecule has 4 amide bonds. The minimum atomic E-state index is -1.16. The molecular formula is C12H18N2O3S. The van der Waals surface area contributed by atoms with Gasteiger partial charge in [0.05, 0.1) is 0 Å². The van der Waals surface area contributed by atoms with Crippen LogP contribution in [0.1, 0.15) is 33.1 Å². The van der Waals surface area contributed by atoms with Gasteiger partial charge in [-0.05, 0) is 32.9 Å². The van der Waals surface area contributed by atoms with Crippen molar-refractivity contribution in [1.29, 1.82) is 0 Å². The molecule has 1 saturated carbocycles. The second kappa shape index (κ2) is 4.26. The number of imide groups is 2. The van der Waals surface area contributed by atoms with Crippen molar-refractivity contribution in [3.05, 3.63) is 0 Å². The van der Waals surface area contributed by atoms with Gasteiger partial charge in [-0.25, -0.2) is 4.79 Å². The largest absolute Gasteiger partial charge is 0.330 e. The minimum Gasteiger partial charge on any atom is -0.277 e. The maximum atomic E-state index is 12.2. The lowest BCUT2D eigenvalue weighted by atomic mass is 9.82. The van der Waals surface area contributed by atoms with Crippen LogP contribution in [0, 0.1) is 5.41 Å². The van der Waals surface area contributed by atoms with Crippen molar-refractivity contribution in [3.63, 3.8) is 0 Å². The van der Waals surface area contributed by atoms with Gasteiger partial charge in [0.1, 0.15) is 5.41 Å². The highest BCUT2D eigenvalue weighted by Crippen LogP contribution is 2.44. The third-order valence-electron chi connectivity index (χ3n) is 3.96. The number of carbonyl (C=O) groups is 3. The fourth-order valence-corrected chi connectivity index (χ4v) is 3.23. The van der Waals surface area contributed by atoms with E-state index in [-0.39, 0.29) is 4.75 Å². The zero-order valence-corrected chi connectivity index (χ0v) is 11.7. The molecule has 1 heterocycles. The molecule has 2 fully saturated rings. The highest BCUT2D eigenvalue weighted by Gasteiger charge is 2.50. The number of hydrogen-bond donors (Lipinski definition) is 1. The fraction of sp³-hybridized carbons (Fsp3) is 0.750. The average Bonchev–Trinajstić information content (AvgIpc) is 2.25. The van der Waals surface area contributed by atoms with Gasteiger partial charge in [0.15, 0.2) is 0 Å². The average molecular weight is 270 g/mol. The van der Waals surface area contributed by atoms with Gasteiger partial charge in [-0.1, -0.05) is 6.42 Å². The predicted molar refractivity (Wildman–Crippen MR) is 69.1 cm³/mol. The normalized spacial score (nSPS) is 25.7. The summed E-state index contributed by atoms with van der Waals surface area (Å²) in [5, 5.41) is 2.26. The molecule has 1 N–H and O–H groups in total. The summed E-state index contributed by atoms with van der Waals surface area (Å²) in [6.07, 6.45) is 5.16. The van der Waals surface area contributed by atoms with E-state index in [4.69, 9.17) is 0 Å². The van der Waals surface area contributed by atoms with Crippen LogP contribution in [0.25, 0.3) is 0 Å². The Kier molecular flexibility index (Phi) is 3.17. The molecule has 6 heteroatoms. The van der Waals surface area contributed by atoms with Crippen molar-refractivity contribution < 1.29 is 14.4 Å². The van der Waals surface area contributed by atoms with Crippen LogP contribution in [0.2, 0.25) is 0 Å². The molecule has 0 bridgehead atoms. The topological polar surface area (TPSA) is 66.5 Å². The van der Waals surface area contributed by atoms with Crippen LogP contribution in [0.3, 0.4) is 0 Å². The van der Waals surface area contributed by atoms with Crippen molar-refractivity contribution in [2.75, 3.05) is 12.8 Å². The molecule has 2 rings (SSSR count). The van der Waals surface area contributed by atoms with E-state index in [9.17, 15) is 14.4 Å². The second-order valence-corrected chi connectivity index (χ2v) is 6.79. The third-order valence-corrected chi connectivity index (χ3v) is 5.36. The summed E-state index contributed by atoms with van der Waals surface area (Å²) < 4.78 is -0.0104. The van der Waals surface area contributed by atoms with E-state index in [1.54, 1.807) is 25.6 Å². The van der Waals surface area contributed by atoms with Crippen LogP contribution in [-0.2, 0) is 9.59 Å². The van der Waals surface area contributed by atoms with Crippen LogP contribution in [-0.4, -0.2) is 40.3 Å². The quantitative estimate of drug-likeness (QED) is 0.787. The number of nitrogens with one attached hydrogen (secondary N) is 1. The Morgan fingerprint density at radius 2 is 1.89 bits per heavy atom. The minimum absolute atomic E-state index is 0.0104. The first-order chi connectivity index (χ1) is 8.32. The molecule has 0 aromatic carbocycles. The summed E-state index contributed by atoms with van der Waals surface area (Å²) in [6.45, 7) is 3.50. The van der Waals surface area contributed by atoms with Crippen molar-refractivity contribution in [3.8, 4) is 0 Å². The zero-order valence-electron chi connectivity index (χ0n) is 10.9. The number of thioether (sulfide) groups is 1. The summed E-state index contributed by atoms with van der Waals surface area (Å²) in [6, 6.07) is -0.579. The molecule has 0 spiro atoms. The molecule has 18 heavy (non-hydrogen) atoms. The SMILES string of the molecule is CSC1(CN2C(=O)NC(=O)C(C)(C)C2=O)CCC1. The first-order valence-corrected chi connectivity index (χ1v) is 7.27. The molecule has 1 saturated heterocycles. The van der Waals surface area contributed by atoms with E-state index in [2.05, 4.69) is 5.32 Å². The van der Waals surface area contributed by atoms with Gasteiger partial charge in [0, 0.05) is 11.3 Å². The highest BCUT2D eigenvalue weighted by molar-refractivity contribution is 8.00. The van der Waals surface area contributed by atoms with E-state index in [0.717, 1.165) is 19.3 Å². The van der Waals surface area contributed by atoms with E-state index >= 15 is 0 Å². The Bertz CT molecular complexity index is 410. The highest BCUT2D eigenvalue weighted by atomic mass is 32.2. The Balaban J connectivity index is 2.19. The number of amides is 4. The van der Waals surface area contributed by atoms with Crippen LogP contribution in [0.4, 0.5) is 4.79 Å². The Hall–Kier alpha value is -1.04. The standard InChI is InChI=1S/C12H18N2O3S/c1-11(2)8(15)13-10(17)14(9(11)16)7-12(18-3)5-4-6-12/h4-7H2,1-3H3,(H,13,15,17). The second-order valence-electron chi connectivity index (χ2n) is 5.52. The van der Waals surface area contributed by atoms with Crippen molar-refractivity contribution in [2.45, 2.75) is 37.9 Å². The molecule has 2 aliphatic rings. The van der Waals surface area contributed by atoms with Gasteiger partial charge in [-0.2, -0.15) is 11.8 Å². The van der Waals surface area contributed by atoms with Crippen LogP contribution in [0.5, 0.6) is 0 Å². The van der Waals surface area contributed by atoms with Gasteiger partial charge in [0.25, 0.3) is 0 Å². The van der Waals surface area contributed by atoms with Crippen molar-refractivity contribution >= 4 is 29.6 Å². The number of urea groups is 1. The molecule has 1 aliphatic carbocycles. The molecule has 1 aliphatic heterocycles. The molecule has 0 aromatic rings. The fourth-order valence-electron chi connectivity index (χ4n) is 2.28. The van der Waals surface area contributed by atoms with Crippen molar-refractivity contribution in [1.82, 2.24) is 10.2 Å². The Morgan fingerprint density at radius 1 is 1.28 bits per heavy atom. The van der Waals surface area contributed by atoms with Crippen LogP contribution < -0.4 is 5.32 Å². The molecule has 5 nitrogen and oxygen atoms in total. The maximum Gasteiger partial charge on any atom is 0.330 e. The van der Waals surface area contributed by atoms with Crippen LogP contribution >= 0.6 is 11.8 Å². The van der Waals surface area contributed by atoms with Gasteiger partial charge < -0.3 is 0 Å². The Labute approximate surface area is 111 Å². The molecular weight excluding hydrogens is 252 g/mol. The lowest BCUT2D eigenvalue weighted by molar-refractivity contribution is -0.149. The maximum absolute atomic E-state index is 12.2. The summed E-state index contributed by atoms with van der Waals surface area (Å²) in [5.74, 6) is -0.905. The van der Waals surface area contributed by atoms with E-state index < -0.39 is 23.3 Å². The zero-order chi connectivity index (χ0) is 13.6. The number of hydrogen-bond acceptors (Lipinski definition) is 4. The number of carbonyl (C=O) groups excluding carboxylic acids is 3. The third kappa shape index (κ3) is 1.92. The first-order valence-electron chi connectivity index (χ1n) is 6.05. The molecule has 0 unspecified atom stereocenters. The first kappa shape index (κ1) is 13.4. The summed E-state index contributed by atoms with van der Waals surface area (Å²) in [5.41, 5.74) is -1.16. The molecule has 0 radical (unpaired) electrons. The molecule has 0 aromatic heterocycles. The van der Waals surface area contributed by atoms with Crippen LogP contribution in [0.15, 0.2) is 0 Å². The van der Waals surface area contributed by atoms with Gasteiger partial charge in [-0.15, -0.1) is 0 Å². The van der Waals surface area contributed by atoms with Gasteiger partial charge in [-0.3, -0.25) is 19.8 Å². The molecule has 100 valence electrons. The lowest BCUT2D eigenvalue weighted by Crippen LogP contribution is -2.64. The summed E-state index contributed by atoms with van der Waals surface area (Å²) in [7, 11) is 0. The Morgan fingerprint density at radius 3 is 2.33 bits per heavy atom. The monoisotopic (exact) mass is 270 g/mol. The van der Waals surface area contributed by atoms with E-state index in [1.807, 2.05) is 6.26 Å². The number of barbiturate groups is 1. The molecule has 0 atom stereocenters. The summed E-state index contributed by atoms with van der Waals surface area (Å²) >= 11 is 1.70. The van der Waals surface area contributed by atoms with Gasteiger partial charge >= 0.3 is 6.03 Å².